The van der Waals surface area contributed by atoms with Gasteiger partial charge in [0.15, 0.2) is 17.4 Å². The molecule has 4 rings (SSSR count). The summed E-state index contributed by atoms with van der Waals surface area (Å²) in [6, 6.07) is 16.6. The number of aromatic nitrogens is 3. The van der Waals surface area contributed by atoms with Gasteiger partial charge in [0.2, 0.25) is 0 Å². The fraction of sp³-hybridized carbons (Fsp3) is 0.381. The largest absolute Gasteiger partial charge is 0.357 e. The predicted octanol–water partition coefficient (Wildman–Crippen LogP) is 2.81. The zero-order valence-corrected chi connectivity index (χ0v) is 15.7. The number of pyridine rings is 1. The van der Waals surface area contributed by atoms with Crippen LogP contribution in [0.1, 0.15) is 31.2 Å². The molecule has 0 saturated heterocycles. The van der Waals surface area contributed by atoms with Crippen molar-refractivity contribution < 1.29 is 0 Å². The lowest BCUT2D eigenvalue weighted by Crippen LogP contribution is -2.40. The Labute approximate surface area is 159 Å². The van der Waals surface area contributed by atoms with E-state index < -0.39 is 0 Å². The topological polar surface area (TPSA) is 66.6 Å². The van der Waals surface area contributed by atoms with Crippen molar-refractivity contribution in [1.82, 2.24) is 25.2 Å². The van der Waals surface area contributed by atoms with E-state index in [0.717, 1.165) is 36.9 Å². The van der Waals surface area contributed by atoms with Gasteiger partial charge in [-0.2, -0.15) is 0 Å². The van der Waals surface area contributed by atoms with Crippen LogP contribution in [0.3, 0.4) is 0 Å². The van der Waals surface area contributed by atoms with Crippen molar-refractivity contribution in [3.05, 3.63) is 66.1 Å². The molecule has 3 aromatic rings. The summed E-state index contributed by atoms with van der Waals surface area (Å²) >= 11 is 0. The molecule has 0 aliphatic heterocycles. The third-order valence-corrected chi connectivity index (χ3v) is 5.12. The highest BCUT2D eigenvalue weighted by molar-refractivity contribution is 5.79. The first-order chi connectivity index (χ1) is 13.3. The van der Waals surface area contributed by atoms with Gasteiger partial charge in [0.25, 0.3) is 0 Å². The number of guanidine groups is 1. The summed E-state index contributed by atoms with van der Waals surface area (Å²) in [5.74, 6) is 1.68. The minimum absolute atomic E-state index is 0.360. The van der Waals surface area contributed by atoms with Crippen LogP contribution in [0.25, 0.3) is 5.65 Å². The first-order valence-electron chi connectivity index (χ1n) is 9.63. The van der Waals surface area contributed by atoms with Crippen LogP contribution in [0.5, 0.6) is 0 Å². The van der Waals surface area contributed by atoms with Gasteiger partial charge in [0.05, 0.1) is 0 Å². The molecule has 2 aromatic heterocycles. The maximum Gasteiger partial charge on any atom is 0.191 e. The van der Waals surface area contributed by atoms with Crippen molar-refractivity contribution in [2.24, 2.45) is 10.4 Å². The van der Waals surface area contributed by atoms with E-state index in [1.165, 1.54) is 18.4 Å². The predicted molar refractivity (Wildman–Crippen MR) is 108 cm³/mol. The van der Waals surface area contributed by atoms with Gasteiger partial charge in [-0.15, -0.1) is 10.2 Å². The van der Waals surface area contributed by atoms with Crippen molar-refractivity contribution in [2.75, 3.05) is 13.1 Å². The van der Waals surface area contributed by atoms with Crippen molar-refractivity contribution in [2.45, 2.75) is 32.7 Å². The van der Waals surface area contributed by atoms with Crippen LogP contribution in [-0.2, 0) is 13.0 Å². The second-order valence-corrected chi connectivity index (χ2v) is 7.26. The standard InChI is InChI=1S/C21H26N6/c1-2-22-20(23-15-19-26-25-18-10-6-7-13-27(18)19)24-16-21(11-12-21)14-17-8-4-3-5-9-17/h3-10,13H,2,11-12,14-16H2,1H3,(H2,22,23,24). The van der Waals surface area contributed by atoms with Gasteiger partial charge in [0.1, 0.15) is 6.54 Å². The van der Waals surface area contributed by atoms with E-state index in [1.54, 1.807) is 0 Å². The van der Waals surface area contributed by atoms with E-state index in [-0.39, 0.29) is 0 Å². The summed E-state index contributed by atoms with van der Waals surface area (Å²) in [5, 5.41) is 15.3. The Morgan fingerprint density at radius 1 is 1.07 bits per heavy atom. The Morgan fingerprint density at radius 3 is 2.67 bits per heavy atom. The normalized spacial score (nSPS) is 15.7. The number of benzene rings is 1. The molecule has 0 radical (unpaired) electrons. The van der Waals surface area contributed by atoms with Crippen molar-refractivity contribution in [1.29, 1.82) is 0 Å². The fourth-order valence-corrected chi connectivity index (χ4v) is 3.38. The van der Waals surface area contributed by atoms with Crippen LogP contribution in [0.15, 0.2) is 59.7 Å². The first kappa shape index (κ1) is 17.5. The van der Waals surface area contributed by atoms with Crippen LogP contribution in [-0.4, -0.2) is 33.6 Å². The van der Waals surface area contributed by atoms with Gasteiger partial charge in [0, 0.05) is 19.3 Å². The van der Waals surface area contributed by atoms with Crippen LogP contribution < -0.4 is 10.6 Å². The molecule has 1 aliphatic rings. The van der Waals surface area contributed by atoms with Crippen LogP contribution >= 0.6 is 0 Å². The van der Waals surface area contributed by atoms with E-state index in [2.05, 4.69) is 58.1 Å². The molecule has 1 fully saturated rings. The fourth-order valence-electron chi connectivity index (χ4n) is 3.38. The van der Waals surface area contributed by atoms with Gasteiger partial charge in [-0.3, -0.25) is 4.40 Å². The third kappa shape index (κ3) is 4.27. The zero-order chi connectivity index (χ0) is 18.5. The molecule has 0 amide bonds. The quantitative estimate of drug-likeness (QED) is 0.501. The Kier molecular flexibility index (Phi) is 5.05. The molecule has 2 N–H and O–H groups in total. The van der Waals surface area contributed by atoms with Crippen LogP contribution in [0.4, 0.5) is 0 Å². The average Bonchev–Trinajstić information content (AvgIpc) is 3.34. The molecule has 1 saturated carbocycles. The van der Waals surface area contributed by atoms with Gasteiger partial charge < -0.3 is 10.6 Å². The third-order valence-electron chi connectivity index (χ3n) is 5.12. The summed E-state index contributed by atoms with van der Waals surface area (Å²) < 4.78 is 1.98. The van der Waals surface area contributed by atoms with Gasteiger partial charge >= 0.3 is 0 Å². The molecule has 27 heavy (non-hydrogen) atoms. The highest BCUT2D eigenvalue weighted by Crippen LogP contribution is 2.47. The summed E-state index contributed by atoms with van der Waals surface area (Å²) in [5.41, 5.74) is 2.62. The lowest BCUT2D eigenvalue weighted by atomic mass is 9.96. The summed E-state index contributed by atoms with van der Waals surface area (Å²) in [6.07, 6.45) is 5.63. The molecule has 6 nitrogen and oxygen atoms in total. The number of rotatable bonds is 7. The molecule has 0 spiro atoms. The summed E-state index contributed by atoms with van der Waals surface area (Å²) in [6.45, 7) is 4.35. The van der Waals surface area contributed by atoms with E-state index in [0.29, 0.717) is 12.0 Å². The van der Waals surface area contributed by atoms with E-state index >= 15 is 0 Å². The second kappa shape index (κ2) is 7.78. The number of hydrogen-bond donors (Lipinski definition) is 2. The molecule has 140 valence electrons. The van der Waals surface area contributed by atoms with E-state index in [9.17, 15) is 0 Å². The zero-order valence-electron chi connectivity index (χ0n) is 15.7. The van der Waals surface area contributed by atoms with Crippen LogP contribution in [0.2, 0.25) is 0 Å². The number of hydrogen-bond acceptors (Lipinski definition) is 3. The number of aliphatic imine (C=N–C) groups is 1. The van der Waals surface area contributed by atoms with E-state index in [4.69, 9.17) is 4.99 Å². The van der Waals surface area contributed by atoms with Crippen LogP contribution in [0, 0.1) is 5.41 Å². The smallest absolute Gasteiger partial charge is 0.191 e. The summed E-state index contributed by atoms with van der Waals surface area (Å²) in [7, 11) is 0. The molecule has 1 aliphatic carbocycles. The Bertz CT molecular complexity index is 911. The average molecular weight is 362 g/mol. The van der Waals surface area contributed by atoms with E-state index in [1.807, 2.05) is 28.8 Å². The number of fused-ring (bicyclic) bond motifs is 1. The molecular formula is C21H26N6. The second-order valence-electron chi connectivity index (χ2n) is 7.26. The SMILES string of the molecule is CCNC(=NCc1nnc2ccccn12)NCC1(Cc2ccccc2)CC1. The molecular weight excluding hydrogens is 336 g/mol. The van der Waals surface area contributed by atoms with Crippen molar-refractivity contribution >= 4 is 11.6 Å². The minimum atomic E-state index is 0.360. The number of nitrogens with one attached hydrogen (secondary N) is 2. The van der Waals surface area contributed by atoms with Crippen molar-refractivity contribution in [3.63, 3.8) is 0 Å². The minimum Gasteiger partial charge on any atom is -0.357 e. The maximum atomic E-state index is 4.72. The van der Waals surface area contributed by atoms with Gasteiger partial charge in [-0.05, 0) is 49.3 Å². The molecule has 0 atom stereocenters. The van der Waals surface area contributed by atoms with Gasteiger partial charge in [-0.1, -0.05) is 36.4 Å². The molecule has 2 heterocycles. The maximum absolute atomic E-state index is 4.72. The molecule has 1 aromatic carbocycles. The first-order valence-corrected chi connectivity index (χ1v) is 9.63. The molecule has 0 bridgehead atoms. The lowest BCUT2D eigenvalue weighted by molar-refractivity contribution is 0.492. The number of nitrogens with zero attached hydrogens (tertiary/aromatic N) is 4. The Hall–Kier alpha value is -2.89. The Balaban J connectivity index is 1.40. The summed E-state index contributed by atoms with van der Waals surface area (Å²) in [4.78, 5) is 4.72. The highest BCUT2D eigenvalue weighted by atomic mass is 15.3. The molecule has 6 heteroatoms. The molecule has 0 unspecified atom stereocenters. The monoisotopic (exact) mass is 362 g/mol. The van der Waals surface area contributed by atoms with Crippen molar-refractivity contribution in [3.8, 4) is 0 Å². The highest BCUT2D eigenvalue weighted by Gasteiger charge is 2.42. The lowest BCUT2D eigenvalue weighted by Gasteiger charge is -2.18. The Morgan fingerprint density at radius 2 is 1.89 bits per heavy atom. The van der Waals surface area contributed by atoms with Gasteiger partial charge in [-0.25, -0.2) is 4.99 Å².